The summed E-state index contributed by atoms with van der Waals surface area (Å²) in [5.41, 5.74) is 2.12. The Morgan fingerprint density at radius 2 is 2.31 bits per heavy atom. The predicted octanol–water partition coefficient (Wildman–Crippen LogP) is 1.62. The molecule has 0 unspecified atom stereocenters. The molecule has 1 saturated carbocycles. The van der Waals surface area contributed by atoms with Crippen LogP contribution in [0.3, 0.4) is 0 Å². The molecule has 0 bridgehead atoms. The lowest BCUT2D eigenvalue weighted by molar-refractivity contribution is 0.239. The fraction of sp³-hybridized carbons (Fsp3) is 0.500. The summed E-state index contributed by atoms with van der Waals surface area (Å²) >= 11 is 0. The van der Waals surface area contributed by atoms with Crippen molar-refractivity contribution in [3.8, 4) is 0 Å². The minimum absolute atomic E-state index is 0.697. The third-order valence-electron chi connectivity index (χ3n) is 3.34. The third kappa shape index (κ3) is 1.69. The highest BCUT2D eigenvalue weighted by molar-refractivity contribution is 5.36. The molecule has 4 heteroatoms. The van der Waals surface area contributed by atoms with Crippen molar-refractivity contribution in [3.63, 3.8) is 0 Å². The summed E-state index contributed by atoms with van der Waals surface area (Å²) in [6, 6.07) is 0.697. The molecule has 84 valence electrons. The van der Waals surface area contributed by atoms with Crippen molar-refractivity contribution in [1.29, 1.82) is 0 Å². The van der Waals surface area contributed by atoms with Crippen molar-refractivity contribution in [1.82, 2.24) is 19.7 Å². The predicted molar refractivity (Wildman–Crippen MR) is 62.0 cm³/mol. The molecule has 0 aromatic carbocycles. The van der Waals surface area contributed by atoms with Crippen LogP contribution < -0.4 is 5.32 Å². The van der Waals surface area contributed by atoms with Gasteiger partial charge in [-0.15, -0.1) is 0 Å². The van der Waals surface area contributed by atoms with Gasteiger partial charge in [-0.3, -0.25) is 9.38 Å². The van der Waals surface area contributed by atoms with E-state index in [2.05, 4.69) is 26.6 Å². The van der Waals surface area contributed by atoms with Crippen LogP contribution in [0.25, 0.3) is 5.65 Å². The second-order valence-electron chi connectivity index (χ2n) is 4.71. The Kier molecular flexibility index (Phi) is 2.36. The van der Waals surface area contributed by atoms with Gasteiger partial charge in [0, 0.05) is 25.0 Å². The highest BCUT2D eigenvalue weighted by atomic mass is 15.1. The molecule has 0 saturated heterocycles. The van der Waals surface area contributed by atoms with Crippen LogP contribution in [0.2, 0.25) is 0 Å². The molecule has 16 heavy (non-hydrogen) atoms. The van der Waals surface area contributed by atoms with Crippen molar-refractivity contribution < 1.29 is 0 Å². The summed E-state index contributed by atoms with van der Waals surface area (Å²) in [5.74, 6) is 0.892. The summed E-state index contributed by atoms with van der Waals surface area (Å²) in [5, 5.41) is 3.56. The van der Waals surface area contributed by atoms with Crippen LogP contribution in [-0.4, -0.2) is 20.4 Å². The van der Waals surface area contributed by atoms with E-state index in [9.17, 15) is 0 Å². The first kappa shape index (κ1) is 9.78. The maximum absolute atomic E-state index is 4.32. The average molecular weight is 216 g/mol. The molecule has 1 aliphatic rings. The van der Waals surface area contributed by atoms with E-state index >= 15 is 0 Å². The first-order valence-corrected chi connectivity index (χ1v) is 5.82. The molecule has 0 spiro atoms. The maximum atomic E-state index is 4.32. The van der Waals surface area contributed by atoms with E-state index in [4.69, 9.17) is 0 Å². The van der Waals surface area contributed by atoms with E-state index in [1.54, 1.807) is 12.4 Å². The monoisotopic (exact) mass is 216 g/mol. The van der Waals surface area contributed by atoms with E-state index < -0.39 is 0 Å². The molecule has 1 N–H and O–H groups in total. The zero-order valence-electron chi connectivity index (χ0n) is 9.43. The highest BCUT2D eigenvalue weighted by Gasteiger charge is 2.24. The SMILES string of the molecule is CC1CC(NCc2cnc3cnccn23)C1. The Hall–Kier alpha value is -1.42. The zero-order chi connectivity index (χ0) is 11.0. The normalized spacial score (nSPS) is 24.6. The second kappa shape index (κ2) is 3.87. The Bertz CT molecular complexity index is 484. The molecule has 2 aromatic heterocycles. The van der Waals surface area contributed by atoms with Gasteiger partial charge in [-0.05, 0) is 18.8 Å². The molecular formula is C12H16N4. The minimum atomic E-state index is 0.697. The second-order valence-corrected chi connectivity index (χ2v) is 4.71. The maximum Gasteiger partial charge on any atom is 0.155 e. The van der Waals surface area contributed by atoms with Crippen molar-refractivity contribution >= 4 is 5.65 Å². The van der Waals surface area contributed by atoms with Crippen molar-refractivity contribution in [2.45, 2.75) is 32.4 Å². The van der Waals surface area contributed by atoms with E-state index in [0.717, 1.165) is 18.1 Å². The topological polar surface area (TPSA) is 42.2 Å². The molecule has 1 fully saturated rings. The van der Waals surface area contributed by atoms with Gasteiger partial charge in [0.25, 0.3) is 0 Å². The molecule has 3 rings (SSSR count). The molecule has 2 aromatic rings. The lowest BCUT2D eigenvalue weighted by Crippen LogP contribution is -2.39. The van der Waals surface area contributed by atoms with E-state index in [1.165, 1.54) is 18.5 Å². The van der Waals surface area contributed by atoms with Gasteiger partial charge >= 0.3 is 0 Å². The number of rotatable bonds is 3. The molecule has 0 atom stereocenters. The molecule has 4 nitrogen and oxygen atoms in total. The van der Waals surface area contributed by atoms with Crippen LogP contribution in [-0.2, 0) is 6.54 Å². The number of aromatic nitrogens is 3. The summed E-state index contributed by atoms with van der Waals surface area (Å²) in [4.78, 5) is 8.37. The van der Waals surface area contributed by atoms with Crippen molar-refractivity contribution in [2.24, 2.45) is 5.92 Å². The number of fused-ring (bicyclic) bond motifs is 1. The van der Waals surface area contributed by atoms with E-state index in [-0.39, 0.29) is 0 Å². The van der Waals surface area contributed by atoms with E-state index in [0.29, 0.717) is 6.04 Å². The first-order chi connectivity index (χ1) is 7.83. The zero-order valence-corrected chi connectivity index (χ0v) is 9.43. The molecule has 0 aliphatic heterocycles. The van der Waals surface area contributed by atoms with E-state index in [1.807, 2.05) is 12.4 Å². The highest BCUT2D eigenvalue weighted by Crippen LogP contribution is 2.26. The summed E-state index contributed by atoms with van der Waals surface area (Å²) < 4.78 is 2.09. The van der Waals surface area contributed by atoms with Gasteiger partial charge in [0.1, 0.15) is 0 Å². The Balaban J connectivity index is 1.70. The lowest BCUT2D eigenvalue weighted by atomic mass is 9.82. The fourth-order valence-electron chi connectivity index (χ4n) is 2.34. The molecule has 0 radical (unpaired) electrons. The van der Waals surface area contributed by atoms with Crippen LogP contribution >= 0.6 is 0 Å². The molecule has 2 heterocycles. The quantitative estimate of drug-likeness (QED) is 0.847. The first-order valence-electron chi connectivity index (χ1n) is 5.82. The van der Waals surface area contributed by atoms with Crippen molar-refractivity contribution in [3.05, 3.63) is 30.5 Å². The number of imidazole rings is 1. The number of nitrogens with one attached hydrogen (secondary N) is 1. The summed E-state index contributed by atoms with van der Waals surface area (Å²) in [7, 11) is 0. The van der Waals surface area contributed by atoms with Gasteiger partial charge < -0.3 is 5.32 Å². The van der Waals surface area contributed by atoms with Crippen LogP contribution in [0.4, 0.5) is 0 Å². The fourth-order valence-corrected chi connectivity index (χ4v) is 2.34. The Labute approximate surface area is 94.7 Å². The van der Waals surface area contributed by atoms with Gasteiger partial charge in [-0.1, -0.05) is 6.92 Å². The number of hydrogen-bond acceptors (Lipinski definition) is 3. The molecule has 1 aliphatic carbocycles. The van der Waals surface area contributed by atoms with Gasteiger partial charge in [0.15, 0.2) is 5.65 Å². The summed E-state index contributed by atoms with van der Waals surface area (Å²) in [6.45, 7) is 3.20. The third-order valence-corrected chi connectivity index (χ3v) is 3.34. The van der Waals surface area contributed by atoms with Gasteiger partial charge in [-0.2, -0.15) is 0 Å². The largest absolute Gasteiger partial charge is 0.308 e. The van der Waals surface area contributed by atoms with Crippen LogP contribution in [0, 0.1) is 5.92 Å². The summed E-state index contributed by atoms with van der Waals surface area (Å²) in [6.07, 6.45) is 10.1. The van der Waals surface area contributed by atoms with Gasteiger partial charge in [-0.25, -0.2) is 4.98 Å². The Morgan fingerprint density at radius 3 is 3.12 bits per heavy atom. The number of hydrogen-bond donors (Lipinski definition) is 1. The standard InChI is InChI=1S/C12H16N4/c1-9-4-10(5-9)14-6-11-7-15-12-8-13-2-3-16(11)12/h2-3,7-10,14H,4-6H2,1H3. The molecular weight excluding hydrogens is 200 g/mol. The van der Waals surface area contributed by atoms with Crippen molar-refractivity contribution in [2.75, 3.05) is 0 Å². The number of nitrogens with zero attached hydrogens (tertiary/aromatic N) is 3. The smallest absolute Gasteiger partial charge is 0.155 e. The minimum Gasteiger partial charge on any atom is -0.308 e. The van der Waals surface area contributed by atoms with Crippen LogP contribution in [0.1, 0.15) is 25.5 Å². The average Bonchev–Trinajstić information content (AvgIpc) is 2.66. The molecule has 0 amide bonds. The van der Waals surface area contributed by atoms with Crippen LogP contribution in [0.5, 0.6) is 0 Å². The van der Waals surface area contributed by atoms with Gasteiger partial charge in [0.05, 0.1) is 18.1 Å². The lowest BCUT2D eigenvalue weighted by Gasteiger charge is -2.33. The Morgan fingerprint density at radius 1 is 1.44 bits per heavy atom. The van der Waals surface area contributed by atoms with Crippen LogP contribution in [0.15, 0.2) is 24.8 Å². The van der Waals surface area contributed by atoms with Gasteiger partial charge in [0.2, 0.25) is 0 Å².